The molecule has 0 radical (unpaired) electrons. The first kappa shape index (κ1) is 23.6. The van der Waals surface area contributed by atoms with E-state index in [9.17, 15) is 26.3 Å². The molecule has 2 aromatic carbocycles. The molecule has 0 fully saturated rings. The van der Waals surface area contributed by atoms with Crippen LogP contribution in [0.25, 0.3) is 0 Å². The number of rotatable bonds is 2. The highest BCUT2D eigenvalue weighted by atomic mass is 79.9. The van der Waals surface area contributed by atoms with Crippen LogP contribution in [-0.2, 0) is 0 Å². The molecule has 2 aliphatic carbocycles. The summed E-state index contributed by atoms with van der Waals surface area (Å²) in [5.74, 6) is -14.4. The molecular weight excluding hydrogens is 570 g/mol. The Labute approximate surface area is 193 Å². The van der Waals surface area contributed by atoms with E-state index in [0.29, 0.717) is 0 Å². The SMILES string of the molecule is C1=CC2=CC=C1C2.N#Cc1c(F)c(F)c(Oc2c(F)c(F)c(C#N)c(Br)c2F)c(F)c1Br. The predicted molar refractivity (Wildman–Crippen MR) is 107 cm³/mol. The summed E-state index contributed by atoms with van der Waals surface area (Å²) in [4.78, 5) is 0. The number of halogens is 8. The zero-order valence-electron chi connectivity index (χ0n) is 15.3. The van der Waals surface area contributed by atoms with Gasteiger partial charge in [-0.2, -0.15) is 19.3 Å². The molecular formula is C21H6Br2F6N2O. The van der Waals surface area contributed by atoms with Crippen molar-refractivity contribution in [2.45, 2.75) is 6.42 Å². The third-order valence-corrected chi connectivity index (χ3v) is 5.79. The number of nitrogens with zero attached hydrogens (tertiary/aromatic N) is 2. The van der Waals surface area contributed by atoms with Gasteiger partial charge in [0.15, 0.2) is 23.3 Å². The number of ether oxygens (including phenoxy) is 1. The molecule has 0 spiro atoms. The number of hydrogen-bond donors (Lipinski definition) is 0. The minimum Gasteiger partial charge on any atom is -0.445 e. The zero-order chi connectivity index (χ0) is 23.7. The lowest BCUT2D eigenvalue weighted by molar-refractivity contribution is 0.342. The summed E-state index contributed by atoms with van der Waals surface area (Å²) in [6, 6.07) is 2.37. The Hall–Kier alpha value is -3.02. The summed E-state index contributed by atoms with van der Waals surface area (Å²) >= 11 is 4.96. The minimum atomic E-state index is -2.06. The molecule has 0 N–H and O–H groups in total. The van der Waals surface area contributed by atoms with Crippen molar-refractivity contribution in [3.8, 4) is 23.6 Å². The van der Waals surface area contributed by atoms with Gasteiger partial charge in [-0.05, 0) is 49.4 Å². The van der Waals surface area contributed by atoms with E-state index < -0.39 is 66.5 Å². The van der Waals surface area contributed by atoms with Crippen molar-refractivity contribution in [1.29, 1.82) is 10.5 Å². The fourth-order valence-corrected chi connectivity index (χ4v) is 3.60. The standard InChI is InChI=1S/C14Br2F6N2O.C7H6/c15-5-3(1-23)7(17)11(21)13(9(5)19)25-14-10(20)6(16)4(2-24)8(18)12(14)22;1-2-7-4-3-6(1)5-7/h;1-4H,5H2. The molecule has 32 heavy (non-hydrogen) atoms. The Bertz CT molecular complexity index is 1180. The molecule has 0 atom stereocenters. The van der Waals surface area contributed by atoms with E-state index in [0.717, 1.165) is 0 Å². The second kappa shape index (κ2) is 9.23. The first-order valence-corrected chi connectivity index (χ1v) is 9.98. The van der Waals surface area contributed by atoms with Crippen LogP contribution in [0.3, 0.4) is 0 Å². The van der Waals surface area contributed by atoms with E-state index in [1.54, 1.807) is 0 Å². The monoisotopic (exact) mass is 574 g/mol. The summed E-state index contributed by atoms with van der Waals surface area (Å²) in [5, 5.41) is 17.3. The molecule has 0 aromatic heterocycles. The topological polar surface area (TPSA) is 56.8 Å². The van der Waals surface area contributed by atoms with Crippen molar-refractivity contribution >= 4 is 31.9 Å². The molecule has 4 rings (SSSR count). The van der Waals surface area contributed by atoms with Gasteiger partial charge in [-0.25, -0.2) is 17.6 Å². The average molecular weight is 576 g/mol. The van der Waals surface area contributed by atoms with Gasteiger partial charge in [0.25, 0.3) is 0 Å². The molecule has 2 bridgehead atoms. The van der Waals surface area contributed by atoms with Crippen molar-refractivity contribution in [3.05, 3.63) is 90.4 Å². The number of nitriles is 2. The van der Waals surface area contributed by atoms with Gasteiger partial charge < -0.3 is 4.74 Å². The summed E-state index contributed by atoms with van der Waals surface area (Å²) in [5.41, 5.74) is 0.843. The minimum absolute atomic E-state index is 0.863. The molecule has 0 heterocycles. The van der Waals surface area contributed by atoms with Crippen molar-refractivity contribution < 1.29 is 31.1 Å². The van der Waals surface area contributed by atoms with Gasteiger partial charge in [0.2, 0.25) is 23.1 Å². The van der Waals surface area contributed by atoms with Crippen molar-refractivity contribution in [1.82, 2.24) is 0 Å². The lowest BCUT2D eigenvalue weighted by Gasteiger charge is -2.13. The maximum atomic E-state index is 14.1. The highest BCUT2D eigenvalue weighted by molar-refractivity contribution is 9.10. The number of benzene rings is 2. The van der Waals surface area contributed by atoms with E-state index in [4.69, 9.17) is 10.5 Å². The first-order chi connectivity index (χ1) is 15.1. The second-order valence-electron chi connectivity index (χ2n) is 6.24. The predicted octanol–water partition coefficient (Wildman–Crippen LogP) is 7.39. The molecule has 0 amide bonds. The summed E-state index contributed by atoms with van der Waals surface area (Å²) in [6.07, 6.45) is 9.90. The van der Waals surface area contributed by atoms with Crippen molar-refractivity contribution in [2.24, 2.45) is 0 Å². The van der Waals surface area contributed by atoms with Crippen molar-refractivity contribution in [2.75, 3.05) is 0 Å². The number of fused-ring (bicyclic) bond motifs is 2. The van der Waals surface area contributed by atoms with Crippen molar-refractivity contribution in [3.63, 3.8) is 0 Å². The third kappa shape index (κ3) is 4.06. The molecule has 0 unspecified atom stereocenters. The summed E-state index contributed by atoms with van der Waals surface area (Å²) in [7, 11) is 0. The molecule has 162 valence electrons. The van der Waals surface area contributed by atoms with Crippen LogP contribution in [0.5, 0.6) is 11.5 Å². The summed E-state index contributed by atoms with van der Waals surface area (Å²) < 4.78 is 85.9. The van der Waals surface area contributed by atoms with Gasteiger partial charge in [0, 0.05) is 0 Å². The average Bonchev–Trinajstić information content (AvgIpc) is 3.44. The Kier molecular flexibility index (Phi) is 6.82. The van der Waals surface area contributed by atoms with Gasteiger partial charge in [0.05, 0.1) is 8.95 Å². The normalized spacial score (nSPS) is 13.1. The molecule has 0 saturated carbocycles. The third-order valence-electron chi connectivity index (χ3n) is 4.31. The number of allylic oxidation sites excluding steroid dienone is 6. The van der Waals surface area contributed by atoms with Crippen LogP contribution in [0, 0.1) is 57.6 Å². The highest BCUT2D eigenvalue weighted by Crippen LogP contribution is 2.41. The van der Waals surface area contributed by atoms with Gasteiger partial charge in [-0.1, -0.05) is 24.3 Å². The Morgan fingerprint density at radius 1 is 0.656 bits per heavy atom. The van der Waals surface area contributed by atoms with Crippen LogP contribution in [0.15, 0.2) is 44.4 Å². The van der Waals surface area contributed by atoms with Gasteiger partial charge in [0.1, 0.15) is 23.3 Å². The van der Waals surface area contributed by atoms with E-state index in [-0.39, 0.29) is 0 Å². The van der Waals surface area contributed by atoms with Crippen LogP contribution in [-0.4, -0.2) is 0 Å². The van der Waals surface area contributed by atoms with E-state index in [1.165, 1.54) is 29.7 Å². The number of hydrogen-bond acceptors (Lipinski definition) is 3. The zero-order valence-corrected chi connectivity index (χ0v) is 18.5. The van der Waals surface area contributed by atoms with Gasteiger partial charge in [-0.15, -0.1) is 0 Å². The largest absolute Gasteiger partial charge is 0.445 e. The summed E-state index contributed by atoms with van der Waals surface area (Å²) in [6.45, 7) is 0. The molecule has 3 nitrogen and oxygen atoms in total. The fourth-order valence-electron chi connectivity index (χ4n) is 2.71. The van der Waals surface area contributed by atoms with Crippen LogP contribution in [0.4, 0.5) is 26.3 Å². The Morgan fingerprint density at radius 3 is 1.28 bits per heavy atom. The van der Waals surface area contributed by atoms with Crippen LogP contribution < -0.4 is 4.74 Å². The van der Waals surface area contributed by atoms with Gasteiger partial charge >= 0.3 is 0 Å². The van der Waals surface area contributed by atoms with E-state index in [1.807, 2.05) is 0 Å². The fraction of sp³-hybridized carbons (Fsp3) is 0.0476. The molecule has 2 aromatic rings. The quantitative estimate of drug-likeness (QED) is 0.277. The van der Waals surface area contributed by atoms with Crippen LogP contribution in [0.1, 0.15) is 17.5 Å². The van der Waals surface area contributed by atoms with E-state index >= 15 is 0 Å². The van der Waals surface area contributed by atoms with Crippen LogP contribution in [0.2, 0.25) is 0 Å². The lowest BCUT2D eigenvalue weighted by atomic mass is 10.2. The highest BCUT2D eigenvalue weighted by Gasteiger charge is 2.30. The molecule has 0 aliphatic heterocycles. The maximum absolute atomic E-state index is 14.1. The molecule has 11 heteroatoms. The van der Waals surface area contributed by atoms with E-state index in [2.05, 4.69) is 60.9 Å². The smallest absolute Gasteiger partial charge is 0.205 e. The van der Waals surface area contributed by atoms with Gasteiger partial charge in [-0.3, -0.25) is 0 Å². The Morgan fingerprint density at radius 2 is 1.03 bits per heavy atom. The molecule has 2 aliphatic rings. The first-order valence-electron chi connectivity index (χ1n) is 8.40. The lowest BCUT2D eigenvalue weighted by Crippen LogP contribution is -2.06. The second-order valence-corrected chi connectivity index (χ2v) is 7.83. The Balaban J connectivity index is 0.000000343. The molecule has 0 saturated heterocycles. The maximum Gasteiger partial charge on any atom is 0.205 e. The van der Waals surface area contributed by atoms with Crippen LogP contribution >= 0.6 is 31.9 Å².